The zero-order valence-electron chi connectivity index (χ0n) is 10.8. The van der Waals surface area contributed by atoms with Crippen LogP contribution in [0.3, 0.4) is 0 Å². The number of anilines is 1. The van der Waals surface area contributed by atoms with Crippen LogP contribution in [0.4, 0.5) is 5.69 Å². The van der Waals surface area contributed by atoms with Crippen molar-refractivity contribution in [2.75, 3.05) is 11.4 Å². The van der Waals surface area contributed by atoms with Gasteiger partial charge in [-0.15, -0.1) is 0 Å². The van der Waals surface area contributed by atoms with Gasteiger partial charge in [-0.25, -0.2) is 0 Å². The number of hydrogen-bond acceptors (Lipinski definition) is 3. The van der Waals surface area contributed by atoms with Gasteiger partial charge in [-0.3, -0.25) is 0 Å². The van der Waals surface area contributed by atoms with Gasteiger partial charge in [0.1, 0.15) is 0 Å². The Balaban J connectivity index is 2.30. The van der Waals surface area contributed by atoms with Crippen molar-refractivity contribution in [2.45, 2.75) is 32.2 Å². The smallest absolute Gasteiger partial charge is 0.0992 e. The number of nitriles is 2. The lowest BCUT2D eigenvalue weighted by Gasteiger charge is -2.37. The summed E-state index contributed by atoms with van der Waals surface area (Å²) in [4.78, 5) is 2.32. The van der Waals surface area contributed by atoms with Crippen LogP contribution in [0.15, 0.2) is 24.3 Å². The molecule has 92 valence electrons. The molecule has 18 heavy (non-hydrogen) atoms. The van der Waals surface area contributed by atoms with E-state index in [1.165, 1.54) is 0 Å². The third-order valence-electron chi connectivity index (χ3n) is 4.02. The second-order valence-corrected chi connectivity index (χ2v) is 5.32. The quantitative estimate of drug-likeness (QED) is 0.797. The number of benzene rings is 1. The van der Waals surface area contributed by atoms with Crippen molar-refractivity contribution in [3.05, 3.63) is 29.8 Å². The van der Waals surface area contributed by atoms with E-state index in [9.17, 15) is 0 Å². The predicted molar refractivity (Wildman–Crippen MR) is 70.9 cm³/mol. The lowest BCUT2D eigenvalue weighted by molar-refractivity contribution is 0.371. The highest BCUT2D eigenvalue weighted by Crippen LogP contribution is 2.39. The van der Waals surface area contributed by atoms with Crippen LogP contribution in [0.5, 0.6) is 0 Å². The summed E-state index contributed by atoms with van der Waals surface area (Å²) in [6.07, 6.45) is 1.64. The lowest BCUT2D eigenvalue weighted by atomic mass is 9.86. The number of nitrogens with zero attached hydrogens (tertiary/aromatic N) is 3. The Hall–Kier alpha value is -2.00. The normalized spacial score (nSPS) is 21.3. The third-order valence-corrected chi connectivity index (χ3v) is 4.02. The van der Waals surface area contributed by atoms with Crippen LogP contribution >= 0.6 is 0 Å². The van der Waals surface area contributed by atoms with Crippen molar-refractivity contribution in [3.63, 3.8) is 0 Å². The van der Waals surface area contributed by atoms with Crippen molar-refractivity contribution in [1.29, 1.82) is 10.5 Å². The molecular formula is C15H17N3. The van der Waals surface area contributed by atoms with Crippen molar-refractivity contribution in [2.24, 2.45) is 5.92 Å². The minimum absolute atomic E-state index is 0.0240. The first-order chi connectivity index (χ1) is 8.59. The molecule has 1 saturated heterocycles. The molecule has 1 heterocycles. The number of hydrogen-bond donors (Lipinski definition) is 0. The van der Waals surface area contributed by atoms with Gasteiger partial charge in [0.15, 0.2) is 0 Å². The molecule has 0 saturated carbocycles. The van der Waals surface area contributed by atoms with Crippen molar-refractivity contribution < 1.29 is 0 Å². The first-order valence-electron chi connectivity index (χ1n) is 6.24. The Labute approximate surface area is 108 Å². The zero-order valence-corrected chi connectivity index (χ0v) is 10.8. The van der Waals surface area contributed by atoms with Crippen LogP contribution in [-0.4, -0.2) is 12.1 Å². The monoisotopic (exact) mass is 239 g/mol. The average Bonchev–Trinajstić information content (AvgIpc) is 2.66. The fourth-order valence-electron chi connectivity index (χ4n) is 2.81. The molecule has 1 aromatic rings. The molecule has 0 amide bonds. The molecule has 1 atom stereocenters. The van der Waals surface area contributed by atoms with Crippen molar-refractivity contribution in [3.8, 4) is 12.1 Å². The topological polar surface area (TPSA) is 50.8 Å². The summed E-state index contributed by atoms with van der Waals surface area (Å²) >= 11 is 0. The zero-order chi connectivity index (χ0) is 13.2. The van der Waals surface area contributed by atoms with Gasteiger partial charge >= 0.3 is 0 Å². The van der Waals surface area contributed by atoms with E-state index in [0.717, 1.165) is 18.7 Å². The largest absolute Gasteiger partial charge is 0.366 e. The molecule has 1 aliphatic heterocycles. The van der Waals surface area contributed by atoms with Gasteiger partial charge in [0, 0.05) is 24.2 Å². The van der Waals surface area contributed by atoms with E-state index < -0.39 is 0 Å². The maximum atomic E-state index is 8.96. The minimum atomic E-state index is -0.0240. The van der Waals surface area contributed by atoms with Gasteiger partial charge in [0.05, 0.1) is 17.7 Å². The first kappa shape index (κ1) is 12.5. The minimum Gasteiger partial charge on any atom is -0.366 e. The molecule has 1 aromatic carbocycles. The summed E-state index contributed by atoms with van der Waals surface area (Å²) in [5.74, 6) is 0.397. The van der Waals surface area contributed by atoms with Crippen molar-refractivity contribution >= 4 is 5.69 Å². The van der Waals surface area contributed by atoms with Crippen LogP contribution in [-0.2, 0) is 0 Å². The SMILES string of the molecule is CC1(C)C(CC#N)CCN1c1cccc(C#N)c1. The fraction of sp³-hybridized carbons (Fsp3) is 0.467. The van der Waals surface area contributed by atoms with Gasteiger partial charge in [0.2, 0.25) is 0 Å². The van der Waals surface area contributed by atoms with E-state index in [-0.39, 0.29) is 5.54 Å². The fourth-order valence-corrected chi connectivity index (χ4v) is 2.81. The molecule has 0 bridgehead atoms. The van der Waals surface area contributed by atoms with Crippen LogP contribution < -0.4 is 4.90 Å². The van der Waals surface area contributed by atoms with Gasteiger partial charge in [-0.2, -0.15) is 10.5 Å². The molecule has 3 heteroatoms. The second kappa shape index (κ2) is 4.70. The van der Waals surface area contributed by atoms with Gasteiger partial charge in [-0.05, 0) is 44.4 Å². The molecule has 1 fully saturated rings. The Morgan fingerprint density at radius 3 is 2.83 bits per heavy atom. The maximum Gasteiger partial charge on any atom is 0.0992 e. The Kier molecular flexibility index (Phi) is 3.26. The summed E-state index contributed by atoms with van der Waals surface area (Å²) in [5.41, 5.74) is 1.75. The molecule has 0 spiro atoms. The maximum absolute atomic E-state index is 8.96. The van der Waals surface area contributed by atoms with Gasteiger partial charge in [0.25, 0.3) is 0 Å². The van der Waals surface area contributed by atoms with Crippen LogP contribution in [0.1, 0.15) is 32.3 Å². The summed E-state index contributed by atoms with van der Waals surface area (Å²) in [5, 5.41) is 17.8. The molecule has 1 aliphatic rings. The Bertz CT molecular complexity index is 519. The summed E-state index contributed by atoms with van der Waals surface area (Å²) in [6, 6.07) is 12.2. The molecule has 0 radical (unpaired) electrons. The third kappa shape index (κ3) is 2.05. The lowest BCUT2D eigenvalue weighted by Crippen LogP contribution is -2.42. The van der Waals surface area contributed by atoms with Crippen LogP contribution in [0.25, 0.3) is 0 Å². The molecular weight excluding hydrogens is 222 g/mol. The summed E-state index contributed by atoms with van der Waals surface area (Å²) in [7, 11) is 0. The van der Waals surface area contributed by atoms with Crippen LogP contribution in [0, 0.1) is 28.6 Å². The molecule has 0 aliphatic carbocycles. The molecule has 3 nitrogen and oxygen atoms in total. The summed E-state index contributed by atoms with van der Waals surface area (Å²) in [6.45, 7) is 5.32. The van der Waals surface area contributed by atoms with E-state index in [1.807, 2.05) is 24.3 Å². The van der Waals surface area contributed by atoms with E-state index >= 15 is 0 Å². The Morgan fingerprint density at radius 1 is 1.39 bits per heavy atom. The predicted octanol–water partition coefficient (Wildman–Crippen LogP) is 3.08. The van der Waals surface area contributed by atoms with Gasteiger partial charge < -0.3 is 4.90 Å². The van der Waals surface area contributed by atoms with E-state index in [4.69, 9.17) is 10.5 Å². The highest BCUT2D eigenvalue weighted by atomic mass is 15.2. The average molecular weight is 239 g/mol. The van der Waals surface area contributed by atoms with E-state index in [1.54, 1.807) is 0 Å². The molecule has 2 rings (SSSR count). The molecule has 0 N–H and O–H groups in total. The van der Waals surface area contributed by atoms with Gasteiger partial charge in [-0.1, -0.05) is 6.07 Å². The van der Waals surface area contributed by atoms with E-state index in [2.05, 4.69) is 30.9 Å². The van der Waals surface area contributed by atoms with Crippen LogP contribution in [0.2, 0.25) is 0 Å². The second-order valence-electron chi connectivity index (χ2n) is 5.32. The van der Waals surface area contributed by atoms with E-state index in [0.29, 0.717) is 17.9 Å². The molecule has 0 aromatic heterocycles. The highest BCUT2D eigenvalue weighted by Gasteiger charge is 2.40. The Morgan fingerprint density at radius 2 is 2.17 bits per heavy atom. The first-order valence-corrected chi connectivity index (χ1v) is 6.24. The highest BCUT2D eigenvalue weighted by molar-refractivity contribution is 5.54. The summed E-state index contributed by atoms with van der Waals surface area (Å²) < 4.78 is 0. The van der Waals surface area contributed by atoms with Crippen molar-refractivity contribution in [1.82, 2.24) is 0 Å². The number of rotatable bonds is 2. The standard InChI is InChI=1S/C15H17N3/c1-15(2)13(6-8-16)7-9-18(15)14-5-3-4-12(10-14)11-17/h3-5,10,13H,6-7,9H2,1-2H3. The molecule has 1 unspecified atom stereocenters.